The highest BCUT2D eigenvalue weighted by Gasteiger charge is 2.47. The van der Waals surface area contributed by atoms with E-state index in [0.717, 1.165) is 36.3 Å². The minimum Gasteiger partial charge on any atom is -0.508 e. The van der Waals surface area contributed by atoms with Gasteiger partial charge < -0.3 is 140 Å². The third-order valence-electron chi connectivity index (χ3n) is 24.8. The number of carbonyl (C=O) groups is 19. The number of carbonyl (C=O) groups excluding carboxylic acids is 17. The van der Waals surface area contributed by atoms with Crippen LogP contribution < -0.4 is 75.7 Å². The van der Waals surface area contributed by atoms with Crippen molar-refractivity contribution in [2.45, 2.75) is 234 Å². The highest BCUT2D eigenvalue weighted by Crippen LogP contribution is 2.29. The molecule has 25 N–H and O–H groups in total. The van der Waals surface area contributed by atoms with Gasteiger partial charge in [0.2, 0.25) is 100 Å². The molecule has 0 radical (unpaired) electrons. The van der Waals surface area contributed by atoms with E-state index < -0.39 is 292 Å². The molecule has 49 heteroatoms. The van der Waals surface area contributed by atoms with Gasteiger partial charge in [-0.25, -0.2) is 4.98 Å². The van der Waals surface area contributed by atoms with Crippen LogP contribution in [0.15, 0.2) is 97.7 Å². The number of carboxylic acid groups (broad SMARTS) is 2. The van der Waals surface area contributed by atoms with Crippen molar-refractivity contribution in [3.63, 3.8) is 0 Å². The van der Waals surface area contributed by atoms with Gasteiger partial charge in [0.25, 0.3) is 0 Å². The van der Waals surface area contributed by atoms with Crippen LogP contribution in [0.25, 0.3) is 21.8 Å². The topological polar surface area (TPSA) is 725 Å². The second kappa shape index (κ2) is 52.3. The number of nitrogens with one attached hydrogen (secondary N) is 14. The number of aliphatic hydroxyl groups is 2. The summed E-state index contributed by atoms with van der Waals surface area (Å²) in [5.41, 5.74) is 18.9. The number of phenols is 1. The number of thioether (sulfide) groups is 1. The van der Waals surface area contributed by atoms with Crippen molar-refractivity contribution in [2.24, 2.45) is 17.2 Å². The molecule has 3 aromatic heterocycles. The van der Waals surface area contributed by atoms with E-state index in [9.17, 15) is 73.5 Å². The van der Waals surface area contributed by atoms with Crippen molar-refractivity contribution in [3.8, 4) is 5.75 Å². The van der Waals surface area contributed by atoms with Gasteiger partial charge in [0, 0.05) is 131 Å². The normalized spacial score (nSPS) is 24.1. The van der Waals surface area contributed by atoms with Gasteiger partial charge in [0.1, 0.15) is 96.9 Å². The third-order valence-corrected chi connectivity index (χ3v) is 25.8. The molecule has 3 aliphatic rings. The number of phenolic OH excluding ortho intramolecular Hbond substituents is 1. The van der Waals surface area contributed by atoms with Crippen LogP contribution in [0.4, 0.5) is 0 Å². The molecule has 0 unspecified atom stereocenters. The number of likely N-dealkylation sites (N-methyl/N-ethyl adjacent to an activating group) is 3. The number of rotatable bonds is 29. The number of hydrogen-bond donors (Lipinski definition) is 22. The number of primary amides is 2. The number of imidazole rings is 1. The summed E-state index contributed by atoms with van der Waals surface area (Å²) in [6, 6.07) is -4.86. The van der Waals surface area contributed by atoms with Gasteiger partial charge in [-0.2, -0.15) is 0 Å². The van der Waals surface area contributed by atoms with Crippen LogP contribution in [0.3, 0.4) is 0 Å². The quantitative estimate of drug-likeness (QED) is 0.0119. The summed E-state index contributed by atoms with van der Waals surface area (Å²) in [6.07, 6.45) is 0.394. The zero-order chi connectivity index (χ0) is 103. The molecule has 764 valence electrons. The fraction of sp³-hybridized carbons (Fsp3) is 0.511. The summed E-state index contributed by atoms with van der Waals surface area (Å²) in [6.45, 7) is 1.40. The van der Waals surface area contributed by atoms with Gasteiger partial charge >= 0.3 is 11.9 Å². The molecule has 15 atom stereocenters. The number of aliphatic hydroxyl groups excluding tert-OH is 2. The van der Waals surface area contributed by atoms with Gasteiger partial charge in [0.05, 0.1) is 37.8 Å². The predicted molar refractivity (Wildman–Crippen MR) is 508 cm³/mol. The van der Waals surface area contributed by atoms with E-state index in [2.05, 4.69) is 73.4 Å². The smallest absolute Gasteiger partial charge is 0.323 e. The van der Waals surface area contributed by atoms with Crippen molar-refractivity contribution < 1.29 is 117 Å². The molecule has 3 aromatic carbocycles. The minimum absolute atomic E-state index is 0.00551. The standard InChI is InChI=1S/C92H126N24O24S/c1-7-9-21-69-84(133)103-59(20-15-31-98-92(95)96)80(129)110-67(79(128)100-41-74(94)121)46-141-47-75(122)102-63(33-50-25-27-54(118)28-26-50)87(136)111(4)49(3)78(127)107-65(38-73(93)120)90(139)115-32-16-24-70(115)85(134)106-62(36-53-40-97-48-101-53)82(131)104-60(29-30-76(123)124)89(138)116-43-55(119)37-72(116)86(135)105-61(34-51-39-99-58-19-13-11-17-56(51)58)81(130)109-66(45-117)83(132)108-64(88(137)113(6)71(22-10-8-2)91(140)112(69)5)35-52-42-114(44-77(125)126)68-23-14-12-18-57(52)68/h11-14,17-19,23,25-28,39-40,42,48-49,55,59-67,69-72,99,117-119H,7-10,15-16,20-22,24,29-38,41,43-47H2,1-6H3,(H2,93,120)(H2,94,121)(H,97,101)(H,100,128)(H,102,122)(H,103,133)(H,104,131)(H,105,135)(H,106,134)(H,107,127)(H,108,132)(H,109,130)(H,110,129)(H,123,124)(H,125,126)(H4,95,96,98)/t49-,55+,59-,60-,61-,62-,63-,64-,65-,66-,67-,69-,70-,71-,72-/m0/s1. The van der Waals surface area contributed by atoms with E-state index in [4.69, 9.17) is 22.6 Å². The van der Waals surface area contributed by atoms with Crippen molar-refractivity contribution >= 4 is 152 Å². The average Bonchev–Trinajstić information content (AvgIpc) is 1.63. The molecular weight excluding hydrogens is 1860 g/mol. The second-order valence-corrected chi connectivity index (χ2v) is 36.1. The number of nitrogens with zero attached hydrogens (tertiary/aromatic N) is 7. The van der Waals surface area contributed by atoms with Crippen molar-refractivity contribution in [1.29, 1.82) is 5.41 Å². The summed E-state index contributed by atoms with van der Waals surface area (Å²) in [7, 11) is 3.73. The Labute approximate surface area is 814 Å². The van der Waals surface area contributed by atoms with Crippen molar-refractivity contribution in [1.82, 2.24) is 103 Å². The van der Waals surface area contributed by atoms with E-state index >= 15 is 43.2 Å². The first-order chi connectivity index (χ1) is 67.1. The lowest BCUT2D eigenvalue weighted by Crippen LogP contribution is -2.62. The van der Waals surface area contributed by atoms with Gasteiger partial charge in [0.15, 0.2) is 5.96 Å². The lowest BCUT2D eigenvalue weighted by Gasteiger charge is -2.36. The molecule has 6 aromatic rings. The molecule has 0 bridgehead atoms. The minimum atomic E-state index is -2.03. The molecule has 48 nitrogen and oxygen atoms in total. The first-order valence-electron chi connectivity index (χ1n) is 46.3. The molecule has 3 saturated heterocycles. The fourth-order valence-corrected chi connectivity index (χ4v) is 17.9. The van der Waals surface area contributed by atoms with Crippen LogP contribution in [-0.2, 0) is 123 Å². The van der Waals surface area contributed by atoms with Crippen LogP contribution in [0.1, 0.15) is 133 Å². The number of aromatic hydroxyl groups is 1. The number of aromatic amines is 2. The maximum atomic E-state index is 15.9. The number of hydrogen-bond acceptors (Lipinski definition) is 25. The van der Waals surface area contributed by atoms with E-state index in [1.54, 1.807) is 62.4 Å². The van der Waals surface area contributed by atoms with Gasteiger partial charge in [-0.05, 0) is 92.8 Å². The van der Waals surface area contributed by atoms with Crippen LogP contribution in [0, 0.1) is 5.41 Å². The summed E-state index contributed by atoms with van der Waals surface area (Å²) in [5, 5.41) is 90.3. The van der Waals surface area contributed by atoms with Gasteiger partial charge in [-0.3, -0.25) is 96.5 Å². The molecule has 0 spiro atoms. The van der Waals surface area contributed by atoms with Crippen LogP contribution in [0.2, 0.25) is 0 Å². The highest BCUT2D eigenvalue weighted by molar-refractivity contribution is 8.00. The first-order valence-corrected chi connectivity index (χ1v) is 47.5. The van der Waals surface area contributed by atoms with E-state index in [0.29, 0.717) is 45.8 Å². The number of unbranched alkanes of at least 4 members (excludes halogenated alkanes) is 2. The molecule has 9 rings (SSSR count). The first kappa shape index (κ1) is 110. The van der Waals surface area contributed by atoms with Crippen molar-refractivity contribution in [3.05, 3.63) is 120 Å². The number of aliphatic carboxylic acids is 2. The fourth-order valence-electron chi connectivity index (χ4n) is 17.1. The Bertz CT molecular complexity index is 5520. The van der Waals surface area contributed by atoms with E-state index in [1.165, 1.54) is 81.8 Å². The largest absolute Gasteiger partial charge is 0.508 e. The summed E-state index contributed by atoms with van der Waals surface area (Å²) in [5.74, 6) is -22.1. The third kappa shape index (κ3) is 30.9. The number of aromatic nitrogens is 4. The Balaban J connectivity index is 1.13. The van der Waals surface area contributed by atoms with E-state index in [-0.39, 0.29) is 87.9 Å². The Morgan fingerprint density at radius 3 is 1.78 bits per heavy atom. The Kier molecular flexibility index (Phi) is 40.7. The lowest BCUT2D eigenvalue weighted by atomic mass is 10.00. The molecule has 0 saturated carbocycles. The van der Waals surface area contributed by atoms with Crippen LogP contribution in [0.5, 0.6) is 5.75 Å². The molecule has 0 aliphatic carbocycles. The molecule has 3 fully saturated rings. The molecule has 141 heavy (non-hydrogen) atoms. The van der Waals surface area contributed by atoms with E-state index in [1.807, 2.05) is 0 Å². The number of nitrogens with two attached hydrogens (primary N) is 3. The van der Waals surface area contributed by atoms with Crippen LogP contribution in [-0.4, -0.2) is 344 Å². The van der Waals surface area contributed by atoms with Crippen LogP contribution >= 0.6 is 11.8 Å². The number of amides is 17. The Morgan fingerprint density at radius 2 is 1.13 bits per heavy atom. The summed E-state index contributed by atoms with van der Waals surface area (Å²) in [4.78, 5) is 291. The van der Waals surface area contributed by atoms with Gasteiger partial charge in [-0.1, -0.05) is 88.1 Å². The number of para-hydroxylation sites is 2. The monoisotopic (exact) mass is 1980 g/mol. The van der Waals surface area contributed by atoms with Crippen molar-refractivity contribution in [2.75, 3.05) is 65.4 Å². The number of H-pyrrole nitrogens is 2. The zero-order valence-corrected chi connectivity index (χ0v) is 79.9. The second-order valence-electron chi connectivity index (χ2n) is 35.1. The maximum absolute atomic E-state index is 15.9. The number of carboxylic acids is 2. The average molecular weight is 1980 g/mol. The molecule has 6 heterocycles. The number of guanidine groups is 1. The van der Waals surface area contributed by atoms with Gasteiger partial charge in [-0.15, -0.1) is 11.8 Å². The zero-order valence-electron chi connectivity index (χ0n) is 79.0. The molecule has 17 amide bonds. The SMILES string of the molecule is CCCC[C@H]1C(=O)N(C)[C@@H](CCCC)C(=O)N[C@@H](CCCNC(=N)N)C(=O)N[C@H](C(=O)NCC(N)=O)CSCC(=O)N[C@@H](Cc2ccc(O)cc2)C(=O)N(C)[C@@H](C)C(=O)N[C@@H](CC(N)=O)C(=O)N2CCC[C@H]2C(=O)N[C@@H](Cc2cnc[nH]2)C(=O)N[C@@H](CCC(=O)O)C(=O)N2C[C@H](O)C[C@H]2C(=O)N[C@@H](Cc2c[nH]c3ccccc23)C(=O)N[C@@H](CO)C(=O)N[C@@H](Cc2cn(CC(=O)O)c3ccccc23)C(=O)N1C. The number of benzene rings is 3. The predicted octanol–water partition coefficient (Wildman–Crippen LogP) is -4.55. The lowest BCUT2D eigenvalue weighted by molar-refractivity contribution is -0.149. The summed E-state index contributed by atoms with van der Waals surface area (Å²) >= 11 is 0.728. The Hall–Kier alpha value is -14.8. The molecular formula is C92H126N24O24S. The maximum Gasteiger partial charge on any atom is 0.323 e. The highest BCUT2D eigenvalue weighted by atomic mass is 32.2. The summed E-state index contributed by atoms with van der Waals surface area (Å²) < 4.78 is 1.38. The number of fused-ring (bicyclic) bond motifs is 4. The molecule has 3 aliphatic heterocycles. The Morgan fingerprint density at radius 1 is 0.553 bits per heavy atom.